The van der Waals surface area contributed by atoms with Gasteiger partial charge in [0.2, 0.25) is 0 Å². The van der Waals surface area contributed by atoms with Crippen LogP contribution in [0.5, 0.6) is 11.5 Å². The molecule has 0 saturated heterocycles. The standard InChI is InChI=1S/C22H16Cl2O2/c1-12-7-15(25)10-18-16(12)11-17(21(18)13-5-3-2-4-6-13)14-8-19(23)22(26)20(24)9-14/h2-10,25-26H,11H2,1H3. The van der Waals surface area contributed by atoms with Crippen LogP contribution in [-0.2, 0) is 6.42 Å². The summed E-state index contributed by atoms with van der Waals surface area (Å²) in [4.78, 5) is 0. The molecular formula is C22H16Cl2O2. The van der Waals surface area contributed by atoms with E-state index in [2.05, 4.69) is 0 Å². The molecule has 1 aliphatic rings. The van der Waals surface area contributed by atoms with Gasteiger partial charge in [0, 0.05) is 0 Å². The summed E-state index contributed by atoms with van der Waals surface area (Å²) in [5.74, 6) is 0.140. The first-order valence-corrected chi connectivity index (χ1v) is 9.01. The molecule has 0 radical (unpaired) electrons. The van der Waals surface area contributed by atoms with E-state index in [1.807, 2.05) is 37.3 Å². The topological polar surface area (TPSA) is 40.5 Å². The SMILES string of the molecule is Cc1cc(O)cc2c1CC(c1cc(Cl)c(O)c(Cl)c1)=C2c1ccccc1. The van der Waals surface area contributed by atoms with Crippen molar-refractivity contribution in [1.82, 2.24) is 0 Å². The molecular weight excluding hydrogens is 367 g/mol. The minimum absolute atomic E-state index is 0.108. The molecule has 0 unspecified atom stereocenters. The quantitative estimate of drug-likeness (QED) is 0.551. The summed E-state index contributed by atoms with van der Waals surface area (Å²) in [6, 6.07) is 17.1. The minimum atomic E-state index is -0.108. The first-order valence-electron chi connectivity index (χ1n) is 8.25. The van der Waals surface area contributed by atoms with E-state index in [-0.39, 0.29) is 21.5 Å². The van der Waals surface area contributed by atoms with Gasteiger partial charge in [-0.15, -0.1) is 0 Å². The lowest BCUT2D eigenvalue weighted by Gasteiger charge is -2.11. The van der Waals surface area contributed by atoms with Gasteiger partial charge >= 0.3 is 0 Å². The van der Waals surface area contributed by atoms with Gasteiger partial charge in [-0.2, -0.15) is 0 Å². The Morgan fingerprint density at radius 1 is 0.846 bits per heavy atom. The molecule has 0 heterocycles. The summed E-state index contributed by atoms with van der Waals surface area (Å²) in [5.41, 5.74) is 7.29. The zero-order chi connectivity index (χ0) is 18.4. The lowest BCUT2D eigenvalue weighted by molar-refractivity contribution is 0.474. The number of aromatic hydroxyl groups is 2. The average molecular weight is 383 g/mol. The van der Waals surface area contributed by atoms with Crippen LogP contribution in [0.1, 0.15) is 27.8 Å². The molecule has 130 valence electrons. The Balaban J connectivity index is 2.02. The third kappa shape index (κ3) is 2.76. The zero-order valence-corrected chi connectivity index (χ0v) is 15.6. The van der Waals surface area contributed by atoms with E-state index in [1.165, 1.54) is 5.56 Å². The number of allylic oxidation sites excluding steroid dienone is 1. The lowest BCUT2D eigenvalue weighted by atomic mass is 9.94. The fourth-order valence-electron chi connectivity index (χ4n) is 3.60. The highest BCUT2D eigenvalue weighted by atomic mass is 35.5. The number of hydrogen-bond donors (Lipinski definition) is 2. The second-order valence-electron chi connectivity index (χ2n) is 6.47. The number of phenols is 2. The average Bonchev–Trinajstić information content (AvgIpc) is 2.99. The summed E-state index contributed by atoms with van der Waals surface area (Å²) in [6.45, 7) is 2.00. The second kappa shape index (κ2) is 6.39. The van der Waals surface area contributed by atoms with Crippen LogP contribution in [0.2, 0.25) is 10.0 Å². The molecule has 2 nitrogen and oxygen atoms in total. The van der Waals surface area contributed by atoms with Gasteiger partial charge in [-0.1, -0.05) is 53.5 Å². The predicted octanol–water partition coefficient (Wildman–Crippen LogP) is 6.23. The molecule has 0 aliphatic heterocycles. The van der Waals surface area contributed by atoms with Gasteiger partial charge in [0.15, 0.2) is 5.75 Å². The van der Waals surface area contributed by atoms with Crippen LogP contribution in [-0.4, -0.2) is 10.2 Å². The second-order valence-corrected chi connectivity index (χ2v) is 7.29. The number of hydrogen-bond acceptors (Lipinski definition) is 2. The summed E-state index contributed by atoms with van der Waals surface area (Å²) in [6.07, 6.45) is 0.711. The Kier molecular flexibility index (Phi) is 4.18. The van der Waals surface area contributed by atoms with E-state index in [4.69, 9.17) is 23.2 Å². The third-order valence-electron chi connectivity index (χ3n) is 4.81. The Morgan fingerprint density at radius 2 is 1.50 bits per heavy atom. The van der Waals surface area contributed by atoms with E-state index in [0.29, 0.717) is 6.42 Å². The van der Waals surface area contributed by atoms with Crippen LogP contribution in [0.4, 0.5) is 0 Å². The molecule has 0 bridgehead atoms. The first kappa shape index (κ1) is 17.0. The van der Waals surface area contributed by atoms with Crippen molar-refractivity contribution in [3.63, 3.8) is 0 Å². The van der Waals surface area contributed by atoms with E-state index in [0.717, 1.165) is 33.4 Å². The van der Waals surface area contributed by atoms with Crippen molar-refractivity contribution in [2.45, 2.75) is 13.3 Å². The molecule has 3 aromatic carbocycles. The smallest absolute Gasteiger partial charge is 0.152 e. The molecule has 3 aromatic rings. The van der Waals surface area contributed by atoms with Crippen molar-refractivity contribution >= 4 is 34.3 Å². The fraction of sp³-hybridized carbons (Fsp3) is 0.0909. The highest BCUT2D eigenvalue weighted by Crippen LogP contribution is 2.46. The minimum Gasteiger partial charge on any atom is -0.508 e. The summed E-state index contributed by atoms with van der Waals surface area (Å²) < 4.78 is 0. The van der Waals surface area contributed by atoms with Crippen molar-refractivity contribution in [3.05, 3.63) is 92.5 Å². The molecule has 4 heteroatoms. The maximum atomic E-state index is 10.1. The van der Waals surface area contributed by atoms with E-state index in [1.54, 1.807) is 24.3 Å². The fourth-order valence-corrected chi connectivity index (χ4v) is 4.09. The van der Waals surface area contributed by atoms with Crippen molar-refractivity contribution in [1.29, 1.82) is 0 Å². The summed E-state index contributed by atoms with van der Waals surface area (Å²) in [5, 5.41) is 20.5. The van der Waals surface area contributed by atoms with Crippen LogP contribution in [0, 0.1) is 6.92 Å². The van der Waals surface area contributed by atoms with Gasteiger partial charge in [-0.05, 0) is 76.6 Å². The van der Waals surface area contributed by atoms with Crippen molar-refractivity contribution in [2.75, 3.05) is 0 Å². The highest BCUT2D eigenvalue weighted by molar-refractivity contribution is 6.37. The summed E-state index contributed by atoms with van der Waals surface area (Å²) >= 11 is 12.3. The molecule has 2 N–H and O–H groups in total. The maximum Gasteiger partial charge on any atom is 0.152 e. The van der Waals surface area contributed by atoms with Gasteiger partial charge in [0.25, 0.3) is 0 Å². The summed E-state index contributed by atoms with van der Waals surface area (Å²) in [7, 11) is 0. The molecule has 0 spiro atoms. The molecule has 26 heavy (non-hydrogen) atoms. The van der Waals surface area contributed by atoms with E-state index in [9.17, 15) is 10.2 Å². The molecule has 0 fully saturated rings. The zero-order valence-electron chi connectivity index (χ0n) is 14.1. The van der Waals surface area contributed by atoms with Crippen molar-refractivity contribution in [2.24, 2.45) is 0 Å². The van der Waals surface area contributed by atoms with Crippen molar-refractivity contribution in [3.8, 4) is 11.5 Å². The molecule has 4 rings (SSSR count). The third-order valence-corrected chi connectivity index (χ3v) is 5.39. The van der Waals surface area contributed by atoms with Crippen molar-refractivity contribution < 1.29 is 10.2 Å². The number of rotatable bonds is 2. The number of benzene rings is 3. The van der Waals surface area contributed by atoms with Gasteiger partial charge in [0.05, 0.1) is 10.0 Å². The number of fused-ring (bicyclic) bond motifs is 1. The highest BCUT2D eigenvalue weighted by Gasteiger charge is 2.26. The molecule has 0 saturated carbocycles. The Hall–Kier alpha value is -2.42. The van der Waals surface area contributed by atoms with Gasteiger partial charge < -0.3 is 10.2 Å². The molecule has 0 amide bonds. The van der Waals surface area contributed by atoms with E-state index < -0.39 is 0 Å². The Morgan fingerprint density at radius 3 is 2.15 bits per heavy atom. The molecule has 1 aliphatic carbocycles. The number of aryl methyl sites for hydroxylation is 1. The van der Waals surface area contributed by atoms with Crippen LogP contribution in [0.15, 0.2) is 54.6 Å². The van der Waals surface area contributed by atoms with Gasteiger partial charge in [-0.3, -0.25) is 0 Å². The van der Waals surface area contributed by atoms with Crippen LogP contribution >= 0.6 is 23.2 Å². The Bertz CT molecular complexity index is 1030. The van der Waals surface area contributed by atoms with Crippen LogP contribution < -0.4 is 0 Å². The predicted molar refractivity (Wildman–Crippen MR) is 107 cm³/mol. The number of phenolic OH excluding ortho intramolecular Hbond substituents is 2. The normalized spacial score (nSPS) is 13.2. The van der Waals surface area contributed by atoms with Crippen LogP contribution in [0.25, 0.3) is 11.1 Å². The molecule has 0 aromatic heterocycles. The van der Waals surface area contributed by atoms with Crippen LogP contribution in [0.3, 0.4) is 0 Å². The molecule has 0 atom stereocenters. The Labute approximate surface area is 162 Å². The van der Waals surface area contributed by atoms with Gasteiger partial charge in [0.1, 0.15) is 5.75 Å². The number of halogens is 2. The van der Waals surface area contributed by atoms with E-state index >= 15 is 0 Å². The van der Waals surface area contributed by atoms with Gasteiger partial charge in [-0.25, -0.2) is 0 Å². The maximum absolute atomic E-state index is 10.1. The monoisotopic (exact) mass is 382 g/mol. The lowest BCUT2D eigenvalue weighted by Crippen LogP contribution is -1.90. The first-order chi connectivity index (χ1) is 12.5. The largest absolute Gasteiger partial charge is 0.508 e.